The normalized spacial score (nSPS) is 12.6. The minimum atomic E-state index is -3.48. The maximum absolute atomic E-state index is 11.8. The molecule has 3 N–H and O–H groups in total. The van der Waals surface area contributed by atoms with Crippen molar-refractivity contribution in [2.45, 2.75) is 17.9 Å². The van der Waals surface area contributed by atoms with E-state index in [9.17, 15) is 8.42 Å². The Morgan fingerprint density at radius 3 is 2.29 bits per heavy atom. The first-order chi connectivity index (χ1) is 7.49. The number of rotatable bonds is 5. The van der Waals surface area contributed by atoms with Crippen molar-refractivity contribution in [3.63, 3.8) is 0 Å². The van der Waals surface area contributed by atoms with Crippen molar-refractivity contribution in [3.8, 4) is 5.75 Å². The summed E-state index contributed by atoms with van der Waals surface area (Å²) in [6.45, 7) is 1.97. The predicted octanol–water partition coefficient (Wildman–Crippen LogP) is 0.743. The first-order valence-corrected chi connectivity index (χ1v) is 6.34. The van der Waals surface area contributed by atoms with E-state index in [4.69, 9.17) is 10.5 Å². The van der Waals surface area contributed by atoms with Crippen LogP contribution in [-0.4, -0.2) is 28.1 Å². The Labute approximate surface area is 108 Å². The number of halogens is 1. The fourth-order valence-electron chi connectivity index (χ4n) is 1.14. The molecule has 0 radical (unpaired) electrons. The molecule has 7 heteroatoms. The molecule has 0 aromatic heterocycles. The number of benzene rings is 1. The molecule has 1 atom stereocenters. The highest BCUT2D eigenvalue weighted by Gasteiger charge is 2.16. The maximum atomic E-state index is 11.8. The molecule has 0 aliphatic carbocycles. The molecule has 0 aliphatic rings. The molecule has 0 unspecified atom stereocenters. The van der Waals surface area contributed by atoms with Gasteiger partial charge >= 0.3 is 0 Å². The third-order valence-corrected chi connectivity index (χ3v) is 3.69. The summed E-state index contributed by atoms with van der Waals surface area (Å²) in [6.07, 6.45) is 0. The Kier molecular flexibility index (Phi) is 6.48. The molecular weight excluding hydrogens is 264 g/mol. The summed E-state index contributed by atoms with van der Waals surface area (Å²) >= 11 is 0. The van der Waals surface area contributed by atoms with Crippen LogP contribution >= 0.6 is 12.4 Å². The van der Waals surface area contributed by atoms with Gasteiger partial charge in [-0.2, -0.15) is 0 Å². The Morgan fingerprint density at radius 1 is 1.35 bits per heavy atom. The lowest BCUT2D eigenvalue weighted by Crippen LogP contribution is -2.37. The molecule has 0 heterocycles. The third kappa shape index (κ3) is 4.51. The van der Waals surface area contributed by atoms with Gasteiger partial charge in [-0.05, 0) is 31.2 Å². The smallest absolute Gasteiger partial charge is 0.240 e. The Morgan fingerprint density at radius 2 is 1.88 bits per heavy atom. The van der Waals surface area contributed by atoms with Crippen LogP contribution in [0.2, 0.25) is 0 Å². The second-order valence-electron chi connectivity index (χ2n) is 3.43. The molecule has 5 nitrogen and oxygen atoms in total. The van der Waals surface area contributed by atoms with Crippen molar-refractivity contribution in [2.75, 3.05) is 13.7 Å². The van der Waals surface area contributed by atoms with E-state index in [0.717, 1.165) is 0 Å². The monoisotopic (exact) mass is 280 g/mol. The maximum Gasteiger partial charge on any atom is 0.240 e. The molecule has 0 aliphatic heterocycles. The molecule has 0 fully saturated rings. The molecule has 0 saturated heterocycles. The van der Waals surface area contributed by atoms with Gasteiger partial charge in [0.15, 0.2) is 0 Å². The number of hydrogen-bond donors (Lipinski definition) is 2. The lowest BCUT2D eigenvalue weighted by molar-refractivity contribution is 0.414. The minimum Gasteiger partial charge on any atom is -0.497 e. The first-order valence-electron chi connectivity index (χ1n) is 4.86. The van der Waals surface area contributed by atoms with E-state index >= 15 is 0 Å². The van der Waals surface area contributed by atoms with Crippen LogP contribution in [0.15, 0.2) is 29.2 Å². The van der Waals surface area contributed by atoms with Gasteiger partial charge in [-0.1, -0.05) is 0 Å². The Balaban J connectivity index is 0.00000256. The molecule has 1 rings (SSSR count). The molecule has 98 valence electrons. The topological polar surface area (TPSA) is 81.4 Å². The van der Waals surface area contributed by atoms with Crippen molar-refractivity contribution in [2.24, 2.45) is 5.73 Å². The molecular formula is C10H17ClN2O3S. The number of nitrogens with one attached hydrogen (secondary N) is 1. The second-order valence-corrected chi connectivity index (χ2v) is 5.15. The van der Waals surface area contributed by atoms with Crippen LogP contribution in [0.25, 0.3) is 0 Å². The Bertz CT molecular complexity index is 433. The van der Waals surface area contributed by atoms with E-state index in [0.29, 0.717) is 5.75 Å². The van der Waals surface area contributed by atoms with E-state index in [1.165, 1.54) is 19.2 Å². The van der Waals surface area contributed by atoms with Crippen molar-refractivity contribution >= 4 is 22.4 Å². The summed E-state index contributed by atoms with van der Waals surface area (Å²) in [7, 11) is -1.96. The lowest BCUT2D eigenvalue weighted by atomic mass is 10.3. The van der Waals surface area contributed by atoms with E-state index in [1.54, 1.807) is 19.1 Å². The van der Waals surface area contributed by atoms with Gasteiger partial charge in [-0.25, -0.2) is 13.1 Å². The SMILES string of the molecule is COc1ccc(S(=O)(=O)N[C@@H](C)CN)cc1.Cl. The zero-order valence-electron chi connectivity index (χ0n) is 9.71. The van der Waals surface area contributed by atoms with Gasteiger partial charge in [0.1, 0.15) is 5.75 Å². The zero-order chi connectivity index (χ0) is 12.2. The average molecular weight is 281 g/mol. The van der Waals surface area contributed by atoms with E-state index in [1.807, 2.05) is 0 Å². The fourth-order valence-corrected chi connectivity index (χ4v) is 2.39. The summed E-state index contributed by atoms with van der Waals surface area (Å²) in [4.78, 5) is 0.202. The molecule has 0 saturated carbocycles. The van der Waals surface area contributed by atoms with Crippen molar-refractivity contribution < 1.29 is 13.2 Å². The number of sulfonamides is 1. The van der Waals surface area contributed by atoms with Crippen LogP contribution in [0.5, 0.6) is 5.75 Å². The average Bonchev–Trinajstić information content (AvgIpc) is 2.28. The summed E-state index contributed by atoms with van der Waals surface area (Å²) < 4.78 is 31.0. The summed E-state index contributed by atoms with van der Waals surface area (Å²) in [5, 5.41) is 0. The van der Waals surface area contributed by atoms with Crippen molar-refractivity contribution in [1.29, 1.82) is 0 Å². The molecule has 0 amide bonds. The minimum absolute atomic E-state index is 0. The first kappa shape index (κ1) is 16.2. The molecule has 0 spiro atoms. The van der Waals surface area contributed by atoms with Crippen LogP contribution in [0.3, 0.4) is 0 Å². The summed E-state index contributed by atoms with van der Waals surface area (Å²) in [5.74, 6) is 0.617. The van der Waals surface area contributed by atoms with Gasteiger partial charge in [0.05, 0.1) is 12.0 Å². The zero-order valence-corrected chi connectivity index (χ0v) is 11.3. The van der Waals surface area contributed by atoms with Crippen molar-refractivity contribution in [3.05, 3.63) is 24.3 Å². The van der Waals surface area contributed by atoms with Gasteiger partial charge < -0.3 is 10.5 Å². The number of hydrogen-bond acceptors (Lipinski definition) is 4. The van der Waals surface area contributed by atoms with E-state index in [-0.39, 0.29) is 29.9 Å². The number of methoxy groups -OCH3 is 1. The van der Waals surface area contributed by atoms with Gasteiger partial charge in [0, 0.05) is 12.6 Å². The van der Waals surface area contributed by atoms with E-state index in [2.05, 4.69) is 4.72 Å². The van der Waals surface area contributed by atoms with Gasteiger partial charge in [0.25, 0.3) is 0 Å². The summed E-state index contributed by atoms with van der Waals surface area (Å²) in [6, 6.07) is 5.89. The summed E-state index contributed by atoms with van der Waals surface area (Å²) in [5.41, 5.74) is 5.36. The second kappa shape index (κ2) is 6.80. The highest BCUT2D eigenvalue weighted by molar-refractivity contribution is 7.89. The highest BCUT2D eigenvalue weighted by atomic mass is 35.5. The number of ether oxygens (including phenoxy) is 1. The third-order valence-electron chi connectivity index (χ3n) is 2.08. The molecule has 17 heavy (non-hydrogen) atoms. The van der Waals surface area contributed by atoms with Crippen LogP contribution in [0.1, 0.15) is 6.92 Å². The van der Waals surface area contributed by atoms with Crippen LogP contribution in [0.4, 0.5) is 0 Å². The van der Waals surface area contributed by atoms with Crippen molar-refractivity contribution in [1.82, 2.24) is 4.72 Å². The number of nitrogens with two attached hydrogens (primary N) is 1. The lowest BCUT2D eigenvalue weighted by Gasteiger charge is -2.12. The van der Waals surface area contributed by atoms with Crippen LogP contribution in [0, 0.1) is 0 Å². The predicted molar refractivity (Wildman–Crippen MR) is 69.1 cm³/mol. The van der Waals surface area contributed by atoms with Gasteiger partial charge in [-0.3, -0.25) is 0 Å². The van der Waals surface area contributed by atoms with Gasteiger partial charge in [0.2, 0.25) is 10.0 Å². The fraction of sp³-hybridized carbons (Fsp3) is 0.400. The van der Waals surface area contributed by atoms with Crippen LogP contribution in [-0.2, 0) is 10.0 Å². The van der Waals surface area contributed by atoms with Crippen LogP contribution < -0.4 is 15.2 Å². The quantitative estimate of drug-likeness (QED) is 0.834. The molecule has 0 bridgehead atoms. The van der Waals surface area contributed by atoms with Gasteiger partial charge in [-0.15, -0.1) is 12.4 Å². The largest absolute Gasteiger partial charge is 0.497 e. The Hall–Kier alpha value is -0.820. The highest BCUT2D eigenvalue weighted by Crippen LogP contribution is 2.15. The molecule has 1 aromatic rings. The standard InChI is InChI=1S/C10H16N2O3S.ClH/c1-8(7-11)12-16(13,14)10-5-3-9(15-2)4-6-10;/h3-6,8,12H,7,11H2,1-2H3;1H/t8-;/m0./s1. The van der Waals surface area contributed by atoms with E-state index < -0.39 is 10.0 Å². The molecule has 1 aromatic carbocycles.